The van der Waals surface area contributed by atoms with Crippen LogP contribution < -0.4 is 15.4 Å². The second-order valence-electron chi connectivity index (χ2n) is 10.8. The lowest BCUT2D eigenvalue weighted by Gasteiger charge is -2.41. The highest BCUT2D eigenvalue weighted by atomic mass is 16.5. The largest absolute Gasteiger partial charge is 0.497 e. The maximum absolute atomic E-state index is 13.3. The van der Waals surface area contributed by atoms with Crippen molar-refractivity contribution in [3.05, 3.63) is 42.2 Å². The third-order valence-corrected chi connectivity index (χ3v) is 7.08. The van der Waals surface area contributed by atoms with Gasteiger partial charge in [0.25, 0.3) is 5.91 Å². The molecule has 2 aliphatic rings. The number of amides is 2. The van der Waals surface area contributed by atoms with Crippen molar-refractivity contribution in [2.24, 2.45) is 5.92 Å². The van der Waals surface area contributed by atoms with E-state index in [9.17, 15) is 14.4 Å². The van der Waals surface area contributed by atoms with Crippen LogP contribution in [0.15, 0.2) is 40.8 Å². The van der Waals surface area contributed by atoms with Crippen LogP contribution in [0.4, 0.5) is 0 Å². The predicted octanol–water partition coefficient (Wildman–Crippen LogP) is 3.38. The number of benzene rings is 1. The summed E-state index contributed by atoms with van der Waals surface area (Å²) in [5.41, 5.74) is 0.710. The molecule has 3 unspecified atom stereocenters. The molecule has 1 aromatic heterocycles. The van der Waals surface area contributed by atoms with Crippen molar-refractivity contribution in [2.45, 2.75) is 70.1 Å². The first-order chi connectivity index (χ1) is 17.6. The number of hydrogen-bond acceptors (Lipinski definition) is 7. The van der Waals surface area contributed by atoms with Gasteiger partial charge in [-0.15, -0.1) is 0 Å². The van der Waals surface area contributed by atoms with Crippen molar-refractivity contribution in [1.29, 1.82) is 0 Å². The minimum atomic E-state index is -0.665. The van der Waals surface area contributed by atoms with E-state index in [1.54, 1.807) is 24.1 Å². The van der Waals surface area contributed by atoms with Crippen molar-refractivity contribution < 1.29 is 28.3 Å². The van der Waals surface area contributed by atoms with Crippen molar-refractivity contribution in [2.75, 3.05) is 20.8 Å². The van der Waals surface area contributed by atoms with Gasteiger partial charge >= 0.3 is 5.97 Å². The zero-order chi connectivity index (χ0) is 26.7. The molecule has 2 aromatic rings. The molecule has 9 nitrogen and oxygen atoms in total. The van der Waals surface area contributed by atoms with E-state index < -0.39 is 17.9 Å². The van der Waals surface area contributed by atoms with Crippen LogP contribution in [0.3, 0.4) is 0 Å². The van der Waals surface area contributed by atoms with Crippen LogP contribution in [0.25, 0.3) is 11.3 Å². The molecule has 9 heteroatoms. The first kappa shape index (κ1) is 26.7. The molecule has 1 aromatic carbocycles. The molecule has 1 saturated carbocycles. The van der Waals surface area contributed by atoms with Gasteiger partial charge in [-0.3, -0.25) is 14.4 Å². The summed E-state index contributed by atoms with van der Waals surface area (Å²) >= 11 is 0. The maximum atomic E-state index is 13.3. The normalized spacial score (nSPS) is 24.1. The summed E-state index contributed by atoms with van der Waals surface area (Å²) in [6, 6.07) is 9.94. The van der Waals surface area contributed by atoms with Crippen LogP contribution in [-0.2, 0) is 14.3 Å². The summed E-state index contributed by atoms with van der Waals surface area (Å²) in [6.07, 6.45) is 2.63. The molecule has 0 radical (unpaired) electrons. The molecule has 1 aliphatic carbocycles. The monoisotopic (exact) mass is 511 g/mol. The molecule has 37 heavy (non-hydrogen) atoms. The highest BCUT2D eigenvalue weighted by Crippen LogP contribution is 2.33. The molecule has 0 bridgehead atoms. The van der Waals surface area contributed by atoms with Gasteiger partial charge in [0.05, 0.1) is 20.1 Å². The van der Waals surface area contributed by atoms with Crippen LogP contribution in [0.2, 0.25) is 0 Å². The van der Waals surface area contributed by atoms with Crippen LogP contribution >= 0.6 is 0 Å². The Labute approximate surface area is 217 Å². The lowest BCUT2D eigenvalue weighted by molar-refractivity contribution is -0.151. The van der Waals surface area contributed by atoms with Gasteiger partial charge in [0.1, 0.15) is 17.6 Å². The number of carbonyl (C=O) groups is 3. The number of nitrogens with zero attached hydrogens (tertiary/aromatic N) is 1. The number of methoxy groups -OCH3 is 2. The summed E-state index contributed by atoms with van der Waals surface area (Å²) < 4.78 is 16.1. The molecule has 4 atom stereocenters. The van der Waals surface area contributed by atoms with Crippen LogP contribution in [-0.4, -0.2) is 67.1 Å². The summed E-state index contributed by atoms with van der Waals surface area (Å²) in [5, 5.41) is 6.40. The van der Waals surface area contributed by atoms with Crippen LogP contribution in [0, 0.1) is 5.92 Å². The Hall–Kier alpha value is -3.33. The average Bonchev–Trinajstić information content (AvgIpc) is 3.50. The fourth-order valence-corrected chi connectivity index (χ4v) is 5.46. The lowest BCUT2D eigenvalue weighted by Crippen LogP contribution is -2.55. The van der Waals surface area contributed by atoms with Gasteiger partial charge < -0.3 is 29.4 Å². The third kappa shape index (κ3) is 6.15. The standard InChI is InChI=1S/C28H37N3O6/c1-28(2,3)30-18-9-10-22(20(16-18)27(34)36-5)31-14-13-21(26(31)33)29-25(32)24-12-11-23(37-24)17-7-6-8-19(15-17)35-4/h6-8,11-12,15,18,20-22,30H,9-10,13-14,16H2,1-5H3,(H,29,32)/t18?,20?,21-,22?/m0/s1. The highest BCUT2D eigenvalue weighted by molar-refractivity contribution is 5.96. The molecule has 2 N–H and O–H groups in total. The second-order valence-corrected chi connectivity index (χ2v) is 10.8. The van der Waals surface area contributed by atoms with Crippen LogP contribution in [0.5, 0.6) is 5.75 Å². The Kier molecular flexibility index (Phi) is 7.92. The Morgan fingerprint density at radius 1 is 1.08 bits per heavy atom. The molecule has 2 amide bonds. The van der Waals surface area contributed by atoms with Gasteiger partial charge in [-0.2, -0.15) is 0 Å². The van der Waals surface area contributed by atoms with E-state index >= 15 is 0 Å². The first-order valence-electron chi connectivity index (χ1n) is 12.8. The van der Waals surface area contributed by atoms with E-state index in [2.05, 4.69) is 31.4 Å². The number of ether oxygens (including phenoxy) is 2. The minimum absolute atomic E-state index is 0.0741. The zero-order valence-electron chi connectivity index (χ0n) is 22.2. The van der Waals surface area contributed by atoms with Gasteiger partial charge in [0.15, 0.2) is 5.76 Å². The highest BCUT2D eigenvalue weighted by Gasteiger charge is 2.45. The Bertz CT molecular complexity index is 1140. The number of furan rings is 1. The fraction of sp³-hybridized carbons (Fsp3) is 0.536. The topological polar surface area (TPSA) is 110 Å². The fourth-order valence-electron chi connectivity index (χ4n) is 5.46. The lowest BCUT2D eigenvalue weighted by atomic mass is 9.80. The number of nitrogens with one attached hydrogen (secondary N) is 2. The SMILES string of the molecule is COC(=O)C1CC(NC(C)(C)C)CCC1N1CC[C@H](NC(=O)c2ccc(-c3cccc(OC)c3)o2)C1=O. The molecule has 2 fully saturated rings. The Morgan fingerprint density at radius 2 is 1.86 bits per heavy atom. The summed E-state index contributed by atoms with van der Waals surface area (Å²) in [5.74, 6) is 0.0186. The number of likely N-dealkylation sites (tertiary alicyclic amines) is 1. The van der Waals surface area contributed by atoms with Gasteiger partial charge in [0, 0.05) is 29.7 Å². The first-order valence-corrected chi connectivity index (χ1v) is 12.8. The number of hydrogen-bond donors (Lipinski definition) is 2. The van der Waals surface area contributed by atoms with Crippen molar-refractivity contribution in [3.8, 4) is 17.1 Å². The van der Waals surface area contributed by atoms with Gasteiger partial charge in [-0.1, -0.05) is 12.1 Å². The molecular weight excluding hydrogens is 474 g/mol. The van der Waals surface area contributed by atoms with Crippen LogP contribution in [0.1, 0.15) is 57.0 Å². The van der Waals surface area contributed by atoms with Crippen molar-refractivity contribution in [3.63, 3.8) is 0 Å². The molecule has 1 aliphatic heterocycles. The summed E-state index contributed by atoms with van der Waals surface area (Å²) in [4.78, 5) is 40.7. The van der Waals surface area contributed by atoms with E-state index in [0.29, 0.717) is 37.3 Å². The van der Waals surface area contributed by atoms with Crippen molar-refractivity contribution in [1.82, 2.24) is 15.5 Å². The third-order valence-electron chi connectivity index (χ3n) is 7.08. The maximum Gasteiger partial charge on any atom is 0.310 e. The van der Waals surface area contributed by atoms with E-state index in [1.807, 2.05) is 24.3 Å². The number of rotatable bonds is 7. The number of esters is 1. The van der Waals surface area contributed by atoms with E-state index in [0.717, 1.165) is 12.0 Å². The summed E-state index contributed by atoms with van der Waals surface area (Å²) in [7, 11) is 2.97. The molecule has 0 spiro atoms. The second kappa shape index (κ2) is 11.0. The van der Waals surface area contributed by atoms with E-state index in [-0.39, 0.29) is 35.3 Å². The minimum Gasteiger partial charge on any atom is -0.497 e. The Morgan fingerprint density at radius 3 is 2.57 bits per heavy atom. The molecule has 2 heterocycles. The molecular formula is C28H37N3O6. The predicted molar refractivity (Wildman–Crippen MR) is 138 cm³/mol. The molecule has 200 valence electrons. The average molecular weight is 512 g/mol. The smallest absolute Gasteiger partial charge is 0.310 e. The van der Waals surface area contributed by atoms with E-state index in [1.165, 1.54) is 7.11 Å². The van der Waals surface area contributed by atoms with Gasteiger partial charge in [0.2, 0.25) is 5.91 Å². The van der Waals surface area contributed by atoms with Gasteiger partial charge in [-0.25, -0.2) is 0 Å². The molecule has 4 rings (SSSR count). The Balaban J connectivity index is 1.41. The molecule has 1 saturated heterocycles. The zero-order valence-corrected chi connectivity index (χ0v) is 22.2. The summed E-state index contributed by atoms with van der Waals surface area (Å²) in [6.45, 7) is 6.78. The quantitative estimate of drug-likeness (QED) is 0.549. The van der Waals surface area contributed by atoms with E-state index in [4.69, 9.17) is 13.9 Å². The number of carbonyl (C=O) groups excluding carboxylic acids is 3. The van der Waals surface area contributed by atoms with Crippen molar-refractivity contribution >= 4 is 17.8 Å². The van der Waals surface area contributed by atoms with Gasteiger partial charge in [-0.05, 0) is 70.7 Å².